The number of hydrogen-bond acceptors (Lipinski definition) is 7. The summed E-state index contributed by atoms with van der Waals surface area (Å²) in [4.78, 5) is 26.7. The number of rotatable bonds is 7. The van der Waals surface area contributed by atoms with Gasteiger partial charge >= 0.3 is 0 Å². The van der Waals surface area contributed by atoms with E-state index in [9.17, 15) is 9.59 Å². The molecule has 31 heavy (non-hydrogen) atoms. The second-order valence-electron chi connectivity index (χ2n) is 7.10. The van der Waals surface area contributed by atoms with Gasteiger partial charge in [0.2, 0.25) is 16.9 Å². The largest absolute Gasteiger partial charge is 0.493 e. The predicted molar refractivity (Wildman–Crippen MR) is 118 cm³/mol. The van der Waals surface area contributed by atoms with Crippen molar-refractivity contribution in [3.63, 3.8) is 0 Å². The lowest BCUT2D eigenvalue weighted by Crippen LogP contribution is -2.24. The maximum Gasteiger partial charge on any atom is 0.230 e. The van der Waals surface area contributed by atoms with Crippen molar-refractivity contribution < 1.29 is 19.1 Å². The Labute approximate surface area is 183 Å². The lowest BCUT2D eigenvalue weighted by Gasteiger charge is -2.15. The number of carbonyl (C=O) groups is 2. The number of hydrogen-bond donors (Lipinski definition) is 1. The number of para-hydroxylation sites is 1. The summed E-state index contributed by atoms with van der Waals surface area (Å²) in [6, 6.07) is 14.9. The number of methoxy groups -OCH3 is 2. The van der Waals surface area contributed by atoms with Crippen molar-refractivity contribution in [2.45, 2.75) is 18.8 Å². The van der Waals surface area contributed by atoms with Gasteiger partial charge in [-0.25, -0.2) is 0 Å². The van der Waals surface area contributed by atoms with Gasteiger partial charge in [0.05, 0.1) is 20.6 Å². The number of amides is 2. The summed E-state index contributed by atoms with van der Waals surface area (Å²) in [6.45, 7) is 0.553. The molecule has 1 fully saturated rings. The van der Waals surface area contributed by atoms with E-state index in [2.05, 4.69) is 15.5 Å². The number of carbonyl (C=O) groups excluding carboxylic acids is 2. The van der Waals surface area contributed by atoms with E-state index in [1.165, 1.54) is 11.3 Å². The molecule has 0 spiro atoms. The van der Waals surface area contributed by atoms with Gasteiger partial charge in [-0.3, -0.25) is 9.59 Å². The molecule has 2 aromatic carbocycles. The smallest absolute Gasteiger partial charge is 0.230 e. The molecule has 1 N–H and O–H groups in total. The minimum absolute atomic E-state index is 0.0401. The predicted octanol–water partition coefficient (Wildman–Crippen LogP) is 3.26. The van der Waals surface area contributed by atoms with Crippen LogP contribution in [0, 0.1) is 0 Å². The van der Waals surface area contributed by atoms with Gasteiger partial charge in [0.25, 0.3) is 0 Å². The fourth-order valence-corrected chi connectivity index (χ4v) is 4.37. The monoisotopic (exact) mass is 438 g/mol. The van der Waals surface area contributed by atoms with Gasteiger partial charge in [0, 0.05) is 24.6 Å². The van der Waals surface area contributed by atoms with Crippen LogP contribution in [0.3, 0.4) is 0 Å². The van der Waals surface area contributed by atoms with Crippen LogP contribution in [0.25, 0.3) is 0 Å². The lowest BCUT2D eigenvalue weighted by atomic mass is 10.1. The molecule has 9 heteroatoms. The molecule has 0 bridgehead atoms. The van der Waals surface area contributed by atoms with E-state index >= 15 is 0 Å². The van der Waals surface area contributed by atoms with Crippen LogP contribution in [0.5, 0.6) is 11.5 Å². The first-order valence-electron chi connectivity index (χ1n) is 9.77. The van der Waals surface area contributed by atoms with E-state index in [-0.39, 0.29) is 24.2 Å². The van der Waals surface area contributed by atoms with Crippen molar-refractivity contribution in [3.8, 4) is 11.5 Å². The number of anilines is 2. The van der Waals surface area contributed by atoms with Gasteiger partial charge in [-0.05, 0) is 29.8 Å². The van der Waals surface area contributed by atoms with Crippen molar-refractivity contribution in [3.05, 3.63) is 59.1 Å². The summed E-state index contributed by atoms with van der Waals surface area (Å²) < 4.78 is 10.5. The van der Waals surface area contributed by atoms with Gasteiger partial charge in [-0.15, -0.1) is 10.2 Å². The summed E-state index contributed by atoms with van der Waals surface area (Å²) in [7, 11) is 3.12. The second-order valence-corrected chi connectivity index (χ2v) is 8.11. The highest BCUT2D eigenvalue weighted by Crippen LogP contribution is 2.34. The lowest BCUT2D eigenvalue weighted by molar-refractivity contribution is -0.117. The minimum atomic E-state index is -0.205. The molecule has 1 saturated heterocycles. The Hall–Kier alpha value is -3.46. The molecule has 0 aliphatic carbocycles. The molecule has 1 aliphatic rings. The SMILES string of the molecule is COc1ccc(CC(=O)Nc2nnc(C3CC(=O)N(c4ccccc4)C3)s2)cc1OC. The molecule has 3 aromatic rings. The van der Waals surface area contributed by atoms with Gasteiger partial charge in [-0.1, -0.05) is 35.6 Å². The van der Waals surface area contributed by atoms with E-state index in [4.69, 9.17) is 9.47 Å². The highest BCUT2D eigenvalue weighted by molar-refractivity contribution is 7.15. The fourth-order valence-electron chi connectivity index (χ4n) is 3.52. The Morgan fingerprint density at radius 1 is 1.13 bits per heavy atom. The first kappa shape index (κ1) is 20.8. The van der Waals surface area contributed by atoms with Crippen molar-refractivity contribution in [1.82, 2.24) is 10.2 Å². The Morgan fingerprint density at radius 3 is 2.65 bits per heavy atom. The molecule has 1 atom stereocenters. The third-order valence-electron chi connectivity index (χ3n) is 5.04. The summed E-state index contributed by atoms with van der Waals surface area (Å²) in [5.41, 5.74) is 1.67. The normalized spacial score (nSPS) is 15.7. The number of nitrogens with one attached hydrogen (secondary N) is 1. The Morgan fingerprint density at radius 2 is 1.90 bits per heavy atom. The zero-order chi connectivity index (χ0) is 21.8. The second kappa shape index (κ2) is 9.13. The number of ether oxygens (including phenoxy) is 2. The van der Waals surface area contributed by atoms with Crippen molar-refractivity contribution in [2.75, 3.05) is 31.0 Å². The van der Waals surface area contributed by atoms with E-state index < -0.39 is 0 Å². The molecule has 8 nitrogen and oxygen atoms in total. The van der Waals surface area contributed by atoms with E-state index in [1.54, 1.807) is 31.3 Å². The van der Waals surface area contributed by atoms with Gasteiger partial charge in [0.1, 0.15) is 5.01 Å². The van der Waals surface area contributed by atoms with Crippen molar-refractivity contribution in [1.29, 1.82) is 0 Å². The number of aromatic nitrogens is 2. The van der Waals surface area contributed by atoms with Crippen LogP contribution in [0.15, 0.2) is 48.5 Å². The maximum atomic E-state index is 12.4. The summed E-state index contributed by atoms with van der Waals surface area (Å²) in [5.74, 6) is 0.992. The standard InChI is InChI=1S/C22H22N4O4S/c1-29-17-9-8-14(10-18(17)30-2)11-19(27)23-22-25-24-21(31-22)15-12-20(28)26(13-15)16-6-4-3-5-7-16/h3-10,15H,11-13H2,1-2H3,(H,23,25,27). The quantitative estimate of drug-likeness (QED) is 0.609. The average molecular weight is 439 g/mol. The van der Waals surface area contributed by atoms with Crippen LogP contribution in [0.1, 0.15) is 22.9 Å². The third kappa shape index (κ3) is 4.66. The molecular formula is C22H22N4O4S. The third-order valence-corrected chi connectivity index (χ3v) is 6.04. The zero-order valence-corrected chi connectivity index (χ0v) is 18.0. The van der Waals surface area contributed by atoms with Crippen molar-refractivity contribution >= 4 is 34.0 Å². The van der Waals surface area contributed by atoms with Crippen LogP contribution in [0.2, 0.25) is 0 Å². The molecule has 1 aliphatic heterocycles. The van der Waals surface area contributed by atoms with Gasteiger partial charge < -0.3 is 19.7 Å². The molecule has 0 saturated carbocycles. The van der Waals surface area contributed by atoms with Gasteiger partial charge in [0.15, 0.2) is 11.5 Å². The molecule has 4 rings (SSSR count). The van der Waals surface area contributed by atoms with Crippen LogP contribution >= 0.6 is 11.3 Å². The summed E-state index contributed by atoms with van der Waals surface area (Å²) in [6.07, 6.45) is 0.544. The molecule has 1 aromatic heterocycles. The van der Waals surface area contributed by atoms with E-state index in [1.807, 2.05) is 36.4 Å². The van der Waals surface area contributed by atoms with Crippen LogP contribution in [-0.4, -0.2) is 42.8 Å². The maximum absolute atomic E-state index is 12.4. The zero-order valence-electron chi connectivity index (χ0n) is 17.2. The highest BCUT2D eigenvalue weighted by Gasteiger charge is 2.33. The topological polar surface area (TPSA) is 93.7 Å². The van der Waals surface area contributed by atoms with Gasteiger partial charge in [-0.2, -0.15) is 0 Å². The van der Waals surface area contributed by atoms with Crippen LogP contribution in [-0.2, 0) is 16.0 Å². The highest BCUT2D eigenvalue weighted by atomic mass is 32.1. The van der Waals surface area contributed by atoms with E-state index in [0.717, 1.165) is 16.3 Å². The Kier molecular flexibility index (Phi) is 6.13. The first-order chi connectivity index (χ1) is 15.1. The van der Waals surface area contributed by atoms with Crippen molar-refractivity contribution in [2.24, 2.45) is 0 Å². The van der Waals surface area contributed by atoms with Crippen LogP contribution in [0.4, 0.5) is 10.8 Å². The Balaban J connectivity index is 1.38. The fraction of sp³-hybridized carbons (Fsp3) is 0.273. The minimum Gasteiger partial charge on any atom is -0.493 e. The Bertz CT molecular complexity index is 1090. The molecular weight excluding hydrogens is 416 g/mol. The average Bonchev–Trinajstić information content (AvgIpc) is 3.40. The first-order valence-corrected chi connectivity index (χ1v) is 10.6. The molecule has 160 valence electrons. The summed E-state index contributed by atoms with van der Waals surface area (Å²) in [5, 5.41) is 12.3. The molecule has 2 heterocycles. The summed E-state index contributed by atoms with van der Waals surface area (Å²) >= 11 is 1.30. The van der Waals surface area contributed by atoms with E-state index in [0.29, 0.717) is 29.6 Å². The molecule has 1 unspecified atom stereocenters. The molecule has 2 amide bonds. The molecule has 0 radical (unpaired) electrons. The number of benzene rings is 2. The number of nitrogens with zero attached hydrogens (tertiary/aromatic N) is 3. The van der Waals surface area contributed by atoms with Crippen LogP contribution < -0.4 is 19.7 Å².